The van der Waals surface area contributed by atoms with Crippen molar-refractivity contribution in [2.24, 2.45) is 0 Å². The van der Waals surface area contributed by atoms with Gasteiger partial charge >= 0.3 is 0 Å². The summed E-state index contributed by atoms with van der Waals surface area (Å²) in [5, 5.41) is 14.1. The normalized spacial score (nSPS) is 15.9. The Morgan fingerprint density at radius 2 is 2.06 bits per heavy atom. The molecule has 1 saturated heterocycles. The Balaban J connectivity index is 1.90. The summed E-state index contributed by atoms with van der Waals surface area (Å²) < 4.78 is 0. The van der Waals surface area contributed by atoms with E-state index < -0.39 is 0 Å². The van der Waals surface area contributed by atoms with Crippen LogP contribution in [0, 0.1) is 11.3 Å². The lowest BCUT2D eigenvalue weighted by Crippen LogP contribution is -2.37. The third-order valence-electron chi connectivity index (χ3n) is 2.65. The number of rotatable bonds is 7. The lowest BCUT2D eigenvalue weighted by molar-refractivity contribution is -0.120. The van der Waals surface area contributed by atoms with Crippen LogP contribution in [0.1, 0.15) is 19.3 Å². The van der Waals surface area contributed by atoms with E-state index in [-0.39, 0.29) is 5.91 Å². The van der Waals surface area contributed by atoms with Gasteiger partial charge in [0.25, 0.3) is 0 Å². The Hall–Kier alpha value is -1.12. The fourth-order valence-corrected chi connectivity index (χ4v) is 1.77. The number of amides is 1. The molecule has 0 aliphatic carbocycles. The quantitative estimate of drug-likeness (QED) is 0.583. The van der Waals surface area contributed by atoms with E-state index in [1.165, 1.54) is 25.9 Å². The van der Waals surface area contributed by atoms with Gasteiger partial charge in [0, 0.05) is 19.6 Å². The molecule has 0 unspecified atom stereocenters. The van der Waals surface area contributed by atoms with Crippen LogP contribution in [0.3, 0.4) is 0 Å². The van der Waals surface area contributed by atoms with Crippen molar-refractivity contribution in [1.29, 1.82) is 5.26 Å². The molecule has 2 N–H and O–H groups in total. The fraction of sp³-hybridized carbons (Fsp3) is 0.818. The number of carbonyl (C=O) groups excluding carboxylic acids is 1. The summed E-state index contributed by atoms with van der Waals surface area (Å²) in [7, 11) is 0. The smallest absolute Gasteiger partial charge is 0.233 e. The highest BCUT2D eigenvalue weighted by Crippen LogP contribution is 2.05. The van der Waals surface area contributed by atoms with Crippen LogP contribution in [0.5, 0.6) is 0 Å². The van der Waals surface area contributed by atoms with E-state index in [4.69, 9.17) is 5.26 Å². The first kappa shape index (κ1) is 12.9. The lowest BCUT2D eigenvalue weighted by Gasteiger charge is -2.14. The SMILES string of the molecule is N#CCCNC(=O)CNCCN1CCCC1. The van der Waals surface area contributed by atoms with Crippen molar-refractivity contribution in [3.8, 4) is 6.07 Å². The first-order valence-corrected chi connectivity index (χ1v) is 5.89. The number of hydrogen-bond donors (Lipinski definition) is 2. The van der Waals surface area contributed by atoms with Crippen molar-refractivity contribution in [3.63, 3.8) is 0 Å². The van der Waals surface area contributed by atoms with Gasteiger partial charge in [0.2, 0.25) is 5.91 Å². The number of nitriles is 1. The van der Waals surface area contributed by atoms with E-state index in [2.05, 4.69) is 15.5 Å². The fourth-order valence-electron chi connectivity index (χ4n) is 1.77. The molecule has 5 heteroatoms. The van der Waals surface area contributed by atoms with Crippen molar-refractivity contribution in [1.82, 2.24) is 15.5 Å². The zero-order valence-corrected chi connectivity index (χ0v) is 9.67. The minimum absolute atomic E-state index is 0.0309. The minimum Gasteiger partial charge on any atom is -0.354 e. The molecule has 1 aliphatic rings. The molecule has 0 bridgehead atoms. The lowest BCUT2D eigenvalue weighted by atomic mass is 10.4. The molecule has 1 heterocycles. The van der Waals surface area contributed by atoms with Crippen LogP contribution in [-0.4, -0.2) is 50.1 Å². The van der Waals surface area contributed by atoms with Gasteiger partial charge in [0.05, 0.1) is 19.0 Å². The second kappa shape index (κ2) is 8.08. The van der Waals surface area contributed by atoms with E-state index in [0.29, 0.717) is 19.5 Å². The molecule has 1 fully saturated rings. The molecule has 16 heavy (non-hydrogen) atoms. The van der Waals surface area contributed by atoms with E-state index in [0.717, 1.165) is 13.1 Å². The average molecular weight is 224 g/mol. The molecule has 0 aromatic heterocycles. The van der Waals surface area contributed by atoms with Gasteiger partial charge in [0.1, 0.15) is 0 Å². The van der Waals surface area contributed by atoms with Crippen LogP contribution < -0.4 is 10.6 Å². The van der Waals surface area contributed by atoms with E-state index in [1.807, 2.05) is 6.07 Å². The number of nitrogens with one attached hydrogen (secondary N) is 2. The number of likely N-dealkylation sites (tertiary alicyclic amines) is 1. The Labute approximate surface area is 96.8 Å². The van der Waals surface area contributed by atoms with E-state index >= 15 is 0 Å². The monoisotopic (exact) mass is 224 g/mol. The highest BCUT2D eigenvalue weighted by molar-refractivity contribution is 5.77. The molecule has 0 radical (unpaired) electrons. The maximum Gasteiger partial charge on any atom is 0.233 e. The van der Waals surface area contributed by atoms with Gasteiger partial charge in [0.15, 0.2) is 0 Å². The van der Waals surface area contributed by atoms with Gasteiger partial charge in [-0.15, -0.1) is 0 Å². The topological polar surface area (TPSA) is 68.2 Å². The molecule has 1 rings (SSSR count). The van der Waals surface area contributed by atoms with Gasteiger partial charge in [-0.25, -0.2) is 0 Å². The molecular formula is C11H20N4O. The van der Waals surface area contributed by atoms with Gasteiger partial charge in [-0.05, 0) is 25.9 Å². The summed E-state index contributed by atoms with van der Waals surface area (Å²) in [6.45, 7) is 5.05. The first-order chi connectivity index (χ1) is 7.83. The van der Waals surface area contributed by atoms with Crippen LogP contribution >= 0.6 is 0 Å². The number of nitrogens with zero attached hydrogens (tertiary/aromatic N) is 2. The Bertz CT molecular complexity index is 243. The van der Waals surface area contributed by atoms with Crippen molar-refractivity contribution < 1.29 is 4.79 Å². The summed E-state index contributed by atoms with van der Waals surface area (Å²) in [6.07, 6.45) is 2.98. The van der Waals surface area contributed by atoms with Crippen LogP contribution in [0.2, 0.25) is 0 Å². The van der Waals surface area contributed by atoms with Crippen LogP contribution in [0.4, 0.5) is 0 Å². The van der Waals surface area contributed by atoms with Crippen molar-refractivity contribution in [2.75, 3.05) is 39.3 Å². The molecule has 0 spiro atoms. The van der Waals surface area contributed by atoms with Gasteiger partial charge in [-0.3, -0.25) is 4.79 Å². The van der Waals surface area contributed by atoms with Crippen LogP contribution in [-0.2, 0) is 4.79 Å². The summed E-state index contributed by atoms with van der Waals surface area (Å²) in [5.74, 6) is -0.0309. The second-order valence-corrected chi connectivity index (χ2v) is 3.98. The molecule has 1 aliphatic heterocycles. The second-order valence-electron chi connectivity index (χ2n) is 3.98. The third kappa shape index (κ3) is 5.69. The standard InChI is InChI=1S/C11H20N4O/c12-4-3-5-14-11(16)10-13-6-9-15-7-1-2-8-15/h13H,1-3,5-10H2,(H,14,16). The summed E-state index contributed by atoms with van der Waals surface area (Å²) >= 11 is 0. The Morgan fingerprint density at radius 3 is 2.75 bits per heavy atom. The molecule has 0 aromatic carbocycles. The van der Waals surface area contributed by atoms with E-state index in [1.54, 1.807) is 0 Å². The maximum absolute atomic E-state index is 11.2. The van der Waals surface area contributed by atoms with Crippen LogP contribution in [0.15, 0.2) is 0 Å². The minimum atomic E-state index is -0.0309. The predicted octanol–water partition coefficient (Wildman–Crippen LogP) is -0.298. The number of carbonyl (C=O) groups is 1. The zero-order valence-electron chi connectivity index (χ0n) is 9.67. The Morgan fingerprint density at radius 1 is 1.31 bits per heavy atom. The summed E-state index contributed by atoms with van der Waals surface area (Å²) in [5.41, 5.74) is 0. The van der Waals surface area contributed by atoms with E-state index in [9.17, 15) is 4.79 Å². The molecule has 1 amide bonds. The third-order valence-corrected chi connectivity index (χ3v) is 2.65. The van der Waals surface area contributed by atoms with Crippen molar-refractivity contribution in [2.45, 2.75) is 19.3 Å². The molecular weight excluding hydrogens is 204 g/mol. The Kier molecular flexibility index (Phi) is 6.54. The van der Waals surface area contributed by atoms with Gasteiger partial charge in [-0.2, -0.15) is 5.26 Å². The average Bonchev–Trinajstić information content (AvgIpc) is 2.78. The zero-order chi connectivity index (χ0) is 11.6. The highest BCUT2D eigenvalue weighted by Gasteiger charge is 2.10. The van der Waals surface area contributed by atoms with Crippen molar-refractivity contribution in [3.05, 3.63) is 0 Å². The van der Waals surface area contributed by atoms with Crippen molar-refractivity contribution >= 4 is 5.91 Å². The largest absolute Gasteiger partial charge is 0.354 e. The maximum atomic E-state index is 11.2. The first-order valence-electron chi connectivity index (χ1n) is 5.89. The molecule has 0 saturated carbocycles. The predicted molar refractivity (Wildman–Crippen MR) is 61.8 cm³/mol. The molecule has 0 atom stereocenters. The van der Waals surface area contributed by atoms with Gasteiger partial charge in [-0.1, -0.05) is 0 Å². The number of hydrogen-bond acceptors (Lipinski definition) is 4. The summed E-state index contributed by atoms with van der Waals surface area (Å²) in [6, 6.07) is 1.99. The molecule has 90 valence electrons. The summed E-state index contributed by atoms with van der Waals surface area (Å²) in [4.78, 5) is 13.6. The van der Waals surface area contributed by atoms with Gasteiger partial charge < -0.3 is 15.5 Å². The molecule has 0 aromatic rings. The molecule has 5 nitrogen and oxygen atoms in total. The highest BCUT2D eigenvalue weighted by atomic mass is 16.1. The van der Waals surface area contributed by atoms with Crippen LogP contribution in [0.25, 0.3) is 0 Å².